The van der Waals surface area contributed by atoms with Crippen LogP contribution in [0.2, 0.25) is 0 Å². The molecule has 0 aromatic carbocycles. The number of carbonyl (C=O) groups is 2. The number of ether oxygens (including phenoxy) is 2. The lowest BCUT2D eigenvalue weighted by molar-refractivity contribution is -0.138. The molecule has 0 aromatic rings. The van der Waals surface area contributed by atoms with Crippen molar-refractivity contribution in [3.05, 3.63) is 0 Å². The quantitative estimate of drug-likeness (QED) is 0.582. The molecule has 1 atom stereocenters. The van der Waals surface area contributed by atoms with Crippen molar-refractivity contribution < 1.29 is 24.2 Å². The molecule has 0 aliphatic carbocycles. The lowest BCUT2D eigenvalue weighted by Gasteiger charge is -2.33. The first-order valence-electron chi connectivity index (χ1n) is 7.23. The summed E-state index contributed by atoms with van der Waals surface area (Å²) in [6.45, 7) is 6.14. The normalized spacial score (nSPS) is 12.0. The summed E-state index contributed by atoms with van der Waals surface area (Å²) in [7, 11) is 3.21. The molecule has 1 unspecified atom stereocenters. The summed E-state index contributed by atoms with van der Waals surface area (Å²) >= 11 is 0. The average molecular weight is 304 g/mol. The van der Waals surface area contributed by atoms with Gasteiger partial charge in [-0.2, -0.15) is 0 Å². The van der Waals surface area contributed by atoms with Crippen LogP contribution in [0.25, 0.3) is 0 Å². The highest BCUT2D eigenvalue weighted by Crippen LogP contribution is 2.09. The highest BCUT2D eigenvalue weighted by molar-refractivity contribution is 5.76. The second kappa shape index (κ2) is 11.3. The summed E-state index contributed by atoms with van der Waals surface area (Å²) in [4.78, 5) is 26.6. The fraction of sp³-hybridized carbons (Fsp3) is 0.857. The molecule has 0 aliphatic heterocycles. The molecule has 0 saturated heterocycles. The molecule has 0 spiro atoms. The van der Waals surface area contributed by atoms with Crippen molar-refractivity contribution in [1.29, 1.82) is 0 Å². The van der Waals surface area contributed by atoms with Crippen molar-refractivity contribution in [2.75, 3.05) is 47.1 Å². The molecular weight excluding hydrogens is 276 g/mol. The van der Waals surface area contributed by atoms with Gasteiger partial charge in [0.1, 0.15) is 0 Å². The Bertz CT molecular complexity index is 312. The first kappa shape index (κ1) is 19.7. The fourth-order valence-electron chi connectivity index (χ4n) is 2.08. The third-order valence-corrected chi connectivity index (χ3v) is 3.20. The van der Waals surface area contributed by atoms with Crippen LogP contribution in [-0.2, 0) is 14.3 Å². The van der Waals surface area contributed by atoms with E-state index < -0.39 is 5.97 Å². The molecule has 0 aliphatic rings. The minimum atomic E-state index is -0.906. The molecule has 0 aromatic heterocycles. The van der Waals surface area contributed by atoms with E-state index in [9.17, 15) is 9.59 Å². The van der Waals surface area contributed by atoms with Crippen molar-refractivity contribution in [3.63, 3.8) is 0 Å². The van der Waals surface area contributed by atoms with Gasteiger partial charge in [0, 0.05) is 46.5 Å². The van der Waals surface area contributed by atoms with E-state index in [0.29, 0.717) is 32.8 Å². The topological polar surface area (TPSA) is 79.3 Å². The van der Waals surface area contributed by atoms with Gasteiger partial charge in [0.25, 0.3) is 0 Å². The molecule has 0 bridgehead atoms. The van der Waals surface area contributed by atoms with Crippen molar-refractivity contribution in [2.24, 2.45) is 0 Å². The maximum atomic E-state index is 12.6. The molecule has 2 amide bonds. The van der Waals surface area contributed by atoms with E-state index in [1.165, 1.54) is 0 Å². The number of methoxy groups -OCH3 is 2. The molecule has 0 heterocycles. The van der Waals surface area contributed by atoms with E-state index in [0.717, 1.165) is 6.42 Å². The number of carboxylic acids is 1. The number of carbonyl (C=O) groups excluding carboxylic acids is 1. The monoisotopic (exact) mass is 304 g/mol. The Morgan fingerprint density at radius 1 is 1.14 bits per heavy atom. The van der Waals surface area contributed by atoms with E-state index in [4.69, 9.17) is 14.6 Å². The first-order valence-corrected chi connectivity index (χ1v) is 7.23. The fourth-order valence-corrected chi connectivity index (χ4v) is 2.08. The molecule has 7 nitrogen and oxygen atoms in total. The number of carboxylic acid groups (broad SMARTS) is 1. The minimum absolute atomic E-state index is 0.0598. The molecule has 0 fully saturated rings. The molecule has 124 valence electrons. The van der Waals surface area contributed by atoms with Gasteiger partial charge in [0.2, 0.25) is 0 Å². The average Bonchev–Trinajstić information content (AvgIpc) is 2.42. The van der Waals surface area contributed by atoms with E-state index >= 15 is 0 Å². The third-order valence-electron chi connectivity index (χ3n) is 3.20. The Kier molecular flexibility index (Phi) is 10.6. The van der Waals surface area contributed by atoms with Crippen LogP contribution in [0.15, 0.2) is 0 Å². The smallest absolute Gasteiger partial charge is 0.320 e. The van der Waals surface area contributed by atoms with Crippen molar-refractivity contribution in [2.45, 2.75) is 32.7 Å². The maximum Gasteiger partial charge on any atom is 0.320 e. The van der Waals surface area contributed by atoms with Gasteiger partial charge in [-0.25, -0.2) is 4.79 Å². The van der Waals surface area contributed by atoms with Crippen LogP contribution in [-0.4, -0.2) is 80.0 Å². The van der Waals surface area contributed by atoms with Crippen LogP contribution in [0.1, 0.15) is 26.7 Å². The summed E-state index contributed by atoms with van der Waals surface area (Å²) in [5.41, 5.74) is 0. The Morgan fingerprint density at radius 3 is 2.24 bits per heavy atom. The zero-order valence-corrected chi connectivity index (χ0v) is 13.5. The van der Waals surface area contributed by atoms with Gasteiger partial charge in [0.05, 0.1) is 13.0 Å². The van der Waals surface area contributed by atoms with Gasteiger partial charge >= 0.3 is 12.0 Å². The zero-order valence-electron chi connectivity index (χ0n) is 13.5. The number of nitrogens with zero attached hydrogens (tertiary/aromatic N) is 2. The molecule has 0 saturated carbocycles. The third kappa shape index (κ3) is 7.87. The van der Waals surface area contributed by atoms with Crippen LogP contribution in [0.5, 0.6) is 0 Å². The largest absolute Gasteiger partial charge is 0.481 e. The maximum absolute atomic E-state index is 12.6. The molecular formula is C14H28N2O5. The van der Waals surface area contributed by atoms with Crippen LogP contribution >= 0.6 is 0 Å². The van der Waals surface area contributed by atoms with E-state index in [2.05, 4.69) is 0 Å². The van der Waals surface area contributed by atoms with Crippen molar-refractivity contribution in [1.82, 2.24) is 9.80 Å². The highest BCUT2D eigenvalue weighted by atomic mass is 16.5. The first-order chi connectivity index (χ1) is 9.97. The Hall–Kier alpha value is -1.34. The van der Waals surface area contributed by atoms with E-state index in [1.54, 1.807) is 30.9 Å². The number of hydrogen-bond donors (Lipinski definition) is 1. The lowest BCUT2D eigenvalue weighted by Crippen LogP contribution is -2.49. The van der Waals surface area contributed by atoms with Gasteiger partial charge in [-0.05, 0) is 20.3 Å². The van der Waals surface area contributed by atoms with Crippen LogP contribution in [0.3, 0.4) is 0 Å². The lowest BCUT2D eigenvalue weighted by atomic mass is 10.2. The number of amides is 2. The van der Waals surface area contributed by atoms with Gasteiger partial charge < -0.3 is 24.4 Å². The van der Waals surface area contributed by atoms with Crippen LogP contribution < -0.4 is 0 Å². The summed E-state index contributed by atoms with van der Waals surface area (Å²) in [5.74, 6) is -0.906. The minimum Gasteiger partial charge on any atom is -0.481 e. The summed E-state index contributed by atoms with van der Waals surface area (Å²) in [6, 6.07) is -0.494. The highest BCUT2D eigenvalue weighted by Gasteiger charge is 2.25. The summed E-state index contributed by atoms with van der Waals surface area (Å²) in [6.07, 6.45) is 0.673. The van der Waals surface area contributed by atoms with Crippen molar-refractivity contribution >= 4 is 12.0 Å². The molecule has 0 radical (unpaired) electrons. The van der Waals surface area contributed by atoms with Crippen LogP contribution in [0, 0.1) is 0 Å². The Balaban J connectivity index is 4.72. The molecule has 0 rings (SSSR count). The number of hydrogen-bond acceptors (Lipinski definition) is 4. The summed E-state index contributed by atoms with van der Waals surface area (Å²) in [5, 5.41) is 8.88. The Labute approximate surface area is 126 Å². The number of urea groups is 1. The SMILES string of the molecule is CCN(C(=O)N(CCCOC)CCOC)C(C)CC(=O)O. The predicted octanol–water partition coefficient (Wildman–Crippen LogP) is 1.28. The van der Waals surface area contributed by atoms with Gasteiger partial charge in [-0.3, -0.25) is 4.79 Å². The Morgan fingerprint density at radius 2 is 1.76 bits per heavy atom. The second-order valence-corrected chi connectivity index (χ2v) is 4.84. The van der Waals surface area contributed by atoms with Gasteiger partial charge in [-0.1, -0.05) is 0 Å². The van der Waals surface area contributed by atoms with Crippen molar-refractivity contribution in [3.8, 4) is 0 Å². The summed E-state index contributed by atoms with van der Waals surface area (Å²) < 4.78 is 10.0. The van der Waals surface area contributed by atoms with Crippen LogP contribution in [0.4, 0.5) is 4.79 Å². The van der Waals surface area contributed by atoms with E-state index in [-0.39, 0.29) is 18.5 Å². The predicted molar refractivity (Wildman–Crippen MR) is 79.4 cm³/mol. The molecule has 1 N–H and O–H groups in total. The standard InChI is InChI=1S/C14H28N2O5/c1-5-16(12(2)11-13(17)18)14(19)15(8-10-21-4)7-6-9-20-3/h12H,5-11H2,1-4H3,(H,17,18). The number of aliphatic carboxylic acids is 1. The van der Waals surface area contributed by atoms with Gasteiger partial charge in [-0.15, -0.1) is 0 Å². The second-order valence-electron chi connectivity index (χ2n) is 4.84. The zero-order chi connectivity index (χ0) is 16.3. The van der Waals surface area contributed by atoms with E-state index in [1.807, 2.05) is 6.92 Å². The van der Waals surface area contributed by atoms with Gasteiger partial charge in [0.15, 0.2) is 0 Å². The molecule has 21 heavy (non-hydrogen) atoms. The molecule has 7 heteroatoms. The number of rotatable bonds is 11.